The van der Waals surface area contributed by atoms with Crippen LogP contribution in [0.1, 0.15) is 30.2 Å². The van der Waals surface area contributed by atoms with Gasteiger partial charge < -0.3 is 14.7 Å². The molecule has 33 heavy (non-hydrogen) atoms. The maximum Gasteiger partial charge on any atom is 0.328 e. The summed E-state index contributed by atoms with van der Waals surface area (Å²) >= 11 is 0. The number of nitrogens with zero attached hydrogens (tertiary/aromatic N) is 2. The van der Waals surface area contributed by atoms with Gasteiger partial charge >= 0.3 is 6.03 Å². The minimum Gasteiger partial charge on any atom is -0.491 e. The first-order valence-corrected chi connectivity index (χ1v) is 12.0. The molecular formula is C22H25N3O7S. The number of aliphatic hydroxyl groups is 1. The number of ether oxygens (including phenoxy) is 1. The number of benzene rings is 1. The third-order valence-corrected chi connectivity index (χ3v) is 7.58. The summed E-state index contributed by atoms with van der Waals surface area (Å²) in [6, 6.07) is 8.52. The molecule has 0 aliphatic carbocycles. The zero-order valence-electron chi connectivity index (χ0n) is 18.2. The van der Waals surface area contributed by atoms with Gasteiger partial charge in [-0.2, -0.15) is 0 Å². The van der Waals surface area contributed by atoms with Crippen molar-refractivity contribution in [3.63, 3.8) is 0 Å². The number of hydrogen-bond donors (Lipinski definition) is 3. The van der Waals surface area contributed by atoms with Crippen LogP contribution < -0.4 is 10.2 Å². The van der Waals surface area contributed by atoms with Crippen LogP contribution in [0.4, 0.5) is 4.79 Å². The Labute approximate surface area is 191 Å². The predicted molar refractivity (Wildman–Crippen MR) is 118 cm³/mol. The number of aliphatic hydroxyl groups excluding tert-OH is 1. The Morgan fingerprint density at radius 2 is 1.91 bits per heavy atom. The number of fused-ring (bicyclic) bond motifs is 1. The summed E-state index contributed by atoms with van der Waals surface area (Å²) < 4.78 is 29.1. The first-order chi connectivity index (χ1) is 15.6. The topological polar surface area (TPSA) is 138 Å². The lowest BCUT2D eigenvalue weighted by Crippen LogP contribution is -2.50. The molecule has 10 nitrogen and oxygen atoms in total. The Morgan fingerprint density at radius 1 is 1.24 bits per heavy atom. The van der Waals surface area contributed by atoms with Gasteiger partial charge in [-0.3, -0.25) is 14.6 Å². The fourth-order valence-corrected chi connectivity index (χ4v) is 4.19. The molecule has 1 aliphatic heterocycles. The first kappa shape index (κ1) is 24.3. The van der Waals surface area contributed by atoms with Gasteiger partial charge in [-0.1, -0.05) is 11.8 Å². The molecule has 0 saturated heterocycles. The Balaban J connectivity index is 1.66. The van der Waals surface area contributed by atoms with E-state index in [1.807, 2.05) is 0 Å². The van der Waals surface area contributed by atoms with Gasteiger partial charge in [0, 0.05) is 35.8 Å². The lowest BCUT2D eigenvalue weighted by Gasteiger charge is -2.27. The van der Waals surface area contributed by atoms with Gasteiger partial charge in [0.2, 0.25) is 0 Å². The number of hydrogen-bond acceptors (Lipinski definition) is 7. The van der Waals surface area contributed by atoms with Crippen LogP contribution in [0.5, 0.6) is 5.75 Å². The van der Waals surface area contributed by atoms with E-state index in [1.54, 1.807) is 36.5 Å². The second-order valence-corrected chi connectivity index (χ2v) is 10.3. The van der Waals surface area contributed by atoms with E-state index in [2.05, 4.69) is 11.8 Å². The number of carbonyl (C=O) groups excluding carboxylic acids is 2. The molecule has 3 rings (SSSR count). The predicted octanol–water partition coefficient (Wildman–Crippen LogP) is 0.741. The minimum atomic E-state index is -3.84. The number of hydroxylamine groups is 1. The SMILES string of the molecule is C[C@@](CCN1Cc2cc(C#Cc3ccc(OCCO)cc3)cn2C1=O)(C(=O)NO)S(C)(=O)=O. The van der Waals surface area contributed by atoms with Crippen LogP contribution in [0.3, 0.4) is 0 Å². The summed E-state index contributed by atoms with van der Waals surface area (Å²) in [5.41, 5.74) is 3.51. The summed E-state index contributed by atoms with van der Waals surface area (Å²) in [4.78, 5) is 26.1. The van der Waals surface area contributed by atoms with Gasteiger partial charge in [0.05, 0.1) is 13.2 Å². The third-order valence-electron chi connectivity index (χ3n) is 5.55. The molecule has 1 aliphatic rings. The number of nitrogens with one attached hydrogen (secondary N) is 1. The van der Waals surface area contributed by atoms with Crippen molar-refractivity contribution in [3.05, 3.63) is 53.3 Å². The van der Waals surface area contributed by atoms with Gasteiger partial charge in [-0.15, -0.1) is 0 Å². The Kier molecular flexibility index (Phi) is 7.12. The smallest absolute Gasteiger partial charge is 0.328 e. The standard InChI is InChI=1S/C22H25N3O7S/c1-22(20(27)23-29,33(2,30)31)9-10-24-15-18-13-17(14-25(18)21(24)28)4-3-16-5-7-19(8-6-16)32-12-11-26/h5-8,13-14,26,29H,9-12,15H2,1-2H3,(H,23,27)/t22-/m1/s1. The molecule has 2 amide bonds. The van der Waals surface area contributed by atoms with Crippen LogP contribution in [0.15, 0.2) is 36.5 Å². The quantitative estimate of drug-likeness (QED) is 0.291. The van der Waals surface area contributed by atoms with Gasteiger partial charge in [-0.25, -0.2) is 18.7 Å². The minimum absolute atomic E-state index is 0.0171. The molecular weight excluding hydrogens is 450 g/mol. The van der Waals surface area contributed by atoms with E-state index in [0.29, 0.717) is 17.0 Å². The highest BCUT2D eigenvalue weighted by atomic mass is 32.2. The Hall–Kier alpha value is -3.33. The van der Waals surface area contributed by atoms with Crippen molar-refractivity contribution in [1.29, 1.82) is 0 Å². The third kappa shape index (κ3) is 5.19. The summed E-state index contributed by atoms with van der Waals surface area (Å²) in [5, 5.41) is 17.7. The first-order valence-electron chi connectivity index (χ1n) is 10.1. The van der Waals surface area contributed by atoms with E-state index in [0.717, 1.165) is 11.8 Å². The summed E-state index contributed by atoms with van der Waals surface area (Å²) in [7, 11) is -3.84. The average molecular weight is 476 g/mol. The van der Waals surface area contributed by atoms with Crippen molar-refractivity contribution >= 4 is 21.8 Å². The lowest BCUT2D eigenvalue weighted by atomic mass is 10.1. The summed E-state index contributed by atoms with van der Waals surface area (Å²) in [6.07, 6.45) is 2.36. The van der Waals surface area contributed by atoms with Crippen LogP contribution >= 0.6 is 0 Å². The van der Waals surface area contributed by atoms with Gasteiger partial charge in [0.25, 0.3) is 5.91 Å². The fraction of sp³-hybridized carbons (Fsp3) is 0.364. The summed E-state index contributed by atoms with van der Waals surface area (Å²) in [6.45, 7) is 1.63. The summed E-state index contributed by atoms with van der Waals surface area (Å²) in [5.74, 6) is 5.61. The second kappa shape index (κ2) is 9.66. The van der Waals surface area contributed by atoms with Crippen LogP contribution in [0.25, 0.3) is 0 Å². The van der Waals surface area contributed by atoms with E-state index in [4.69, 9.17) is 15.1 Å². The van der Waals surface area contributed by atoms with Crippen LogP contribution in [0.2, 0.25) is 0 Å². The largest absolute Gasteiger partial charge is 0.491 e. The molecule has 1 aromatic heterocycles. The van der Waals surface area contributed by atoms with Crippen molar-refractivity contribution in [2.45, 2.75) is 24.6 Å². The number of amides is 2. The molecule has 3 N–H and O–H groups in total. The Bertz CT molecular complexity index is 1210. The molecule has 1 atom stereocenters. The van der Waals surface area contributed by atoms with Crippen LogP contribution in [0, 0.1) is 11.8 Å². The van der Waals surface area contributed by atoms with Crippen molar-refractivity contribution in [3.8, 4) is 17.6 Å². The average Bonchev–Trinajstić information content (AvgIpc) is 3.32. The fourth-order valence-electron chi connectivity index (χ4n) is 3.34. The number of aromatic nitrogens is 1. The lowest BCUT2D eigenvalue weighted by molar-refractivity contribution is -0.131. The molecule has 1 aromatic carbocycles. The zero-order valence-corrected chi connectivity index (χ0v) is 19.1. The van der Waals surface area contributed by atoms with Gasteiger partial charge in [0.1, 0.15) is 12.4 Å². The van der Waals surface area contributed by atoms with Crippen LogP contribution in [-0.4, -0.2) is 70.9 Å². The normalized spacial score (nSPS) is 14.8. The van der Waals surface area contributed by atoms with Gasteiger partial charge in [-0.05, 0) is 43.7 Å². The number of carbonyl (C=O) groups is 2. The Morgan fingerprint density at radius 3 is 2.48 bits per heavy atom. The monoisotopic (exact) mass is 475 g/mol. The van der Waals surface area contributed by atoms with Gasteiger partial charge in [0.15, 0.2) is 14.6 Å². The molecule has 0 saturated carbocycles. The molecule has 176 valence electrons. The highest BCUT2D eigenvalue weighted by Gasteiger charge is 2.44. The molecule has 2 heterocycles. The molecule has 0 unspecified atom stereocenters. The highest BCUT2D eigenvalue weighted by Crippen LogP contribution is 2.25. The number of sulfone groups is 1. The van der Waals surface area contributed by atoms with Crippen molar-refractivity contribution in [2.24, 2.45) is 0 Å². The van der Waals surface area contributed by atoms with E-state index in [-0.39, 0.29) is 38.8 Å². The van der Waals surface area contributed by atoms with Crippen LogP contribution in [-0.2, 0) is 21.2 Å². The molecule has 2 aromatic rings. The van der Waals surface area contributed by atoms with Crippen molar-refractivity contribution in [1.82, 2.24) is 14.9 Å². The zero-order chi connectivity index (χ0) is 24.2. The molecule has 0 bridgehead atoms. The maximum atomic E-state index is 12.7. The highest BCUT2D eigenvalue weighted by molar-refractivity contribution is 7.92. The van der Waals surface area contributed by atoms with Crippen molar-refractivity contribution < 1.29 is 33.1 Å². The molecule has 0 spiro atoms. The van der Waals surface area contributed by atoms with E-state index in [9.17, 15) is 18.0 Å². The number of rotatable bonds is 8. The van der Waals surface area contributed by atoms with E-state index >= 15 is 0 Å². The second-order valence-electron chi connectivity index (χ2n) is 7.83. The van der Waals surface area contributed by atoms with E-state index < -0.39 is 20.5 Å². The van der Waals surface area contributed by atoms with E-state index in [1.165, 1.54) is 21.9 Å². The molecule has 0 radical (unpaired) electrons. The maximum absolute atomic E-state index is 12.7. The molecule has 0 fully saturated rings. The molecule has 11 heteroatoms. The van der Waals surface area contributed by atoms with Crippen molar-refractivity contribution in [2.75, 3.05) is 26.0 Å².